The van der Waals surface area contributed by atoms with Crippen molar-refractivity contribution in [3.05, 3.63) is 71.5 Å². The van der Waals surface area contributed by atoms with Crippen LogP contribution in [0.4, 0.5) is 15.5 Å². The van der Waals surface area contributed by atoms with E-state index in [0.29, 0.717) is 70.8 Å². The minimum atomic E-state index is -0.425. The summed E-state index contributed by atoms with van der Waals surface area (Å²) >= 11 is 1.33. The zero-order chi connectivity index (χ0) is 26.1. The largest absolute Gasteiger partial charge is 0.379 e. The van der Waals surface area contributed by atoms with Gasteiger partial charge in [0, 0.05) is 30.5 Å². The Bertz CT molecular complexity index is 1530. The summed E-state index contributed by atoms with van der Waals surface area (Å²) in [6.07, 6.45) is 1.81. The van der Waals surface area contributed by atoms with Crippen molar-refractivity contribution in [3.8, 4) is 21.8 Å². The third-order valence-electron chi connectivity index (χ3n) is 6.24. The molecule has 6 rings (SSSR count). The minimum Gasteiger partial charge on any atom is -0.379 e. The first-order valence-electron chi connectivity index (χ1n) is 12.0. The molecule has 192 valence electrons. The smallest absolute Gasteiger partial charge is 0.333 e. The van der Waals surface area contributed by atoms with Gasteiger partial charge in [-0.1, -0.05) is 18.2 Å². The molecule has 11 nitrogen and oxygen atoms in total. The molecule has 0 saturated carbocycles. The first kappa shape index (κ1) is 24.0. The Hall–Kier alpha value is -4.39. The van der Waals surface area contributed by atoms with E-state index in [1.807, 2.05) is 18.2 Å². The summed E-state index contributed by atoms with van der Waals surface area (Å²) in [7, 11) is 0. The molecule has 4 heterocycles. The van der Waals surface area contributed by atoms with E-state index in [-0.39, 0.29) is 18.1 Å². The Balaban J connectivity index is 1.19. The second-order valence-corrected chi connectivity index (χ2v) is 9.84. The minimum absolute atomic E-state index is 0.161. The number of hydrogen-bond donors (Lipinski definition) is 4. The van der Waals surface area contributed by atoms with Crippen LogP contribution >= 0.6 is 11.3 Å². The first-order chi connectivity index (χ1) is 18.6. The van der Waals surface area contributed by atoms with Crippen LogP contribution in [-0.4, -0.2) is 64.2 Å². The van der Waals surface area contributed by atoms with Crippen molar-refractivity contribution in [1.29, 1.82) is 0 Å². The topological polar surface area (TPSA) is 141 Å². The molecule has 0 spiro atoms. The molecule has 1 saturated heterocycles. The van der Waals surface area contributed by atoms with Gasteiger partial charge in [-0.05, 0) is 30.3 Å². The number of nitrogens with one attached hydrogen (secondary N) is 4. The van der Waals surface area contributed by atoms with Gasteiger partial charge in [-0.2, -0.15) is 5.10 Å². The number of amides is 3. The molecule has 1 fully saturated rings. The van der Waals surface area contributed by atoms with Gasteiger partial charge in [0.05, 0.1) is 52.0 Å². The molecule has 4 N–H and O–H groups in total. The maximum atomic E-state index is 13.6. The lowest BCUT2D eigenvalue weighted by Gasteiger charge is -2.27. The number of fused-ring (bicyclic) bond motifs is 3. The zero-order valence-electron chi connectivity index (χ0n) is 20.1. The van der Waals surface area contributed by atoms with E-state index in [4.69, 9.17) is 4.74 Å². The van der Waals surface area contributed by atoms with Crippen LogP contribution < -0.4 is 16.1 Å². The van der Waals surface area contributed by atoms with Gasteiger partial charge in [-0.25, -0.2) is 9.80 Å². The fourth-order valence-corrected chi connectivity index (χ4v) is 5.44. The quantitative estimate of drug-likeness (QED) is 0.264. The van der Waals surface area contributed by atoms with Gasteiger partial charge in [0.2, 0.25) is 5.91 Å². The standard InChI is InChI=1S/C26H23N7O4S/c34-19(14-15-4-1-2-9-27-15)29-20-8-7-18(38-20)24-22-23(30-31-24)16-5-3-6-17(21(16)25(22)35)28-26(36)32-33-10-12-37-13-11-33/h1-9H,10-14H2,(H,29,34)(H,30,31)(H2,28,32,36). The Labute approximate surface area is 221 Å². The van der Waals surface area contributed by atoms with Gasteiger partial charge < -0.3 is 15.4 Å². The van der Waals surface area contributed by atoms with Gasteiger partial charge in [0.15, 0.2) is 5.78 Å². The second-order valence-electron chi connectivity index (χ2n) is 8.75. The highest BCUT2D eigenvalue weighted by atomic mass is 32.1. The lowest BCUT2D eigenvalue weighted by Crippen LogP contribution is -2.49. The average Bonchev–Trinajstić information content (AvgIpc) is 3.62. The fraction of sp³-hybridized carbons (Fsp3) is 0.192. The van der Waals surface area contributed by atoms with E-state index in [2.05, 4.69) is 31.2 Å². The zero-order valence-corrected chi connectivity index (χ0v) is 20.9. The van der Waals surface area contributed by atoms with E-state index >= 15 is 0 Å². The highest BCUT2D eigenvalue weighted by molar-refractivity contribution is 7.19. The second kappa shape index (κ2) is 10.2. The number of hydrogen-bond acceptors (Lipinski definition) is 8. The number of carbonyl (C=O) groups is 3. The number of ketones is 1. The van der Waals surface area contributed by atoms with Gasteiger partial charge in [0.25, 0.3) is 0 Å². The normalized spacial score (nSPS) is 14.6. The Morgan fingerprint density at radius 3 is 2.71 bits per heavy atom. The van der Waals surface area contributed by atoms with Gasteiger partial charge in [-0.3, -0.25) is 25.1 Å². The molecule has 4 aromatic rings. The molecule has 12 heteroatoms. The van der Waals surface area contributed by atoms with Crippen molar-refractivity contribution in [2.24, 2.45) is 0 Å². The number of nitrogens with zero attached hydrogens (tertiary/aromatic N) is 3. The summed E-state index contributed by atoms with van der Waals surface area (Å²) in [5.74, 6) is -0.408. The molecule has 0 unspecified atom stereocenters. The number of aromatic nitrogens is 3. The number of benzene rings is 1. The molecular weight excluding hydrogens is 506 g/mol. The number of rotatable bonds is 6. The maximum absolute atomic E-state index is 13.6. The number of aromatic amines is 1. The van der Waals surface area contributed by atoms with E-state index < -0.39 is 6.03 Å². The van der Waals surface area contributed by atoms with Crippen LogP contribution in [0, 0.1) is 0 Å². The molecule has 1 aliphatic carbocycles. The van der Waals surface area contributed by atoms with Crippen molar-refractivity contribution in [3.63, 3.8) is 0 Å². The highest BCUT2D eigenvalue weighted by Crippen LogP contribution is 2.44. The summed E-state index contributed by atoms with van der Waals surface area (Å²) in [6, 6.07) is 13.9. The molecular formula is C26H23N7O4S. The van der Waals surface area contributed by atoms with Crippen LogP contribution in [0.3, 0.4) is 0 Å². The number of morpholine rings is 1. The first-order valence-corrected chi connectivity index (χ1v) is 12.9. The van der Waals surface area contributed by atoms with Crippen molar-refractivity contribution in [2.45, 2.75) is 6.42 Å². The van der Waals surface area contributed by atoms with Crippen LogP contribution in [0.15, 0.2) is 54.7 Å². The number of thiophene rings is 1. The molecule has 0 atom stereocenters. The molecule has 3 amide bonds. The van der Waals surface area contributed by atoms with Crippen LogP contribution in [0.2, 0.25) is 0 Å². The molecule has 2 aliphatic rings. The number of anilines is 2. The predicted molar refractivity (Wildman–Crippen MR) is 142 cm³/mol. The average molecular weight is 530 g/mol. The third kappa shape index (κ3) is 4.67. The number of H-pyrrole nitrogens is 1. The lowest BCUT2D eigenvalue weighted by atomic mass is 10.1. The molecule has 3 aromatic heterocycles. The number of hydrazine groups is 1. The Morgan fingerprint density at radius 1 is 1.03 bits per heavy atom. The summed E-state index contributed by atoms with van der Waals surface area (Å²) in [6.45, 7) is 2.26. The van der Waals surface area contributed by atoms with Crippen LogP contribution in [-0.2, 0) is 16.0 Å². The highest BCUT2D eigenvalue weighted by Gasteiger charge is 2.35. The van der Waals surface area contributed by atoms with Gasteiger partial charge in [0.1, 0.15) is 5.69 Å². The summed E-state index contributed by atoms with van der Waals surface area (Å²) in [5, 5.41) is 15.5. The van der Waals surface area contributed by atoms with Crippen LogP contribution in [0.5, 0.6) is 0 Å². The maximum Gasteiger partial charge on any atom is 0.333 e. The van der Waals surface area contributed by atoms with Crippen molar-refractivity contribution in [2.75, 3.05) is 36.9 Å². The SMILES string of the molecule is O=C(Cc1ccccn1)Nc1ccc(-c2n[nH]c3c2C(=O)c2c(NC(=O)NN4CCOCC4)cccc2-3)s1. The van der Waals surface area contributed by atoms with E-state index in [1.54, 1.807) is 41.5 Å². The number of pyridine rings is 1. The number of urea groups is 1. The summed E-state index contributed by atoms with van der Waals surface area (Å²) in [5.41, 5.74) is 6.52. The number of carbonyl (C=O) groups excluding carboxylic acids is 3. The van der Waals surface area contributed by atoms with Gasteiger partial charge >= 0.3 is 6.03 Å². The predicted octanol–water partition coefficient (Wildman–Crippen LogP) is 3.29. The molecule has 38 heavy (non-hydrogen) atoms. The van der Waals surface area contributed by atoms with Crippen LogP contribution in [0.25, 0.3) is 21.8 Å². The van der Waals surface area contributed by atoms with E-state index in [1.165, 1.54) is 11.3 Å². The van der Waals surface area contributed by atoms with Crippen molar-refractivity contribution in [1.82, 2.24) is 25.6 Å². The van der Waals surface area contributed by atoms with E-state index in [9.17, 15) is 14.4 Å². The molecule has 0 radical (unpaired) electrons. The van der Waals surface area contributed by atoms with E-state index in [0.717, 1.165) is 4.88 Å². The summed E-state index contributed by atoms with van der Waals surface area (Å²) < 4.78 is 5.30. The molecule has 0 bridgehead atoms. The summed E-state index contributed by atoms with van der Waals surface area (Å²) in [4.78, 5) is 43.6. The van der Waals surface area contributed by atoms with Gasteiger partial charge in [-0.15, -0.1) is 11.3 Å². The lowest BCUT2D eigenvalue weighted by molar-refractivity contribution is -0.115. The number of ether oxygens (including phenoxy) is 1. The van der Waals surface area contributed by atoms with Crippen LogP contribution in [0.1, 0.15) is 21.6 Å². The van der Waals surface area contributed by atoms with Crippen molar-refractivity contribution >= 4 is 39.7 Å². The monoisotopic (exact) mass is 529 g/mol. The van der Waals surface area contributed by atoms with Crippen molar-refractivity contribution < 1.29 is 19.1 Å². The molecule has 1 aromatic carbocycles. The third-order valence-corrected chi connectivity index (χ3v) is 7.25. The molecule has 1 aliphatic heterocycles. The Morgan fingerprint density at radius 2 is 1.89 bits per heavy atom. The Kier molecular flexibility index (Phi) is 6.42. The fourth-order valence-electron chi connectivity index (χ4n) is 4.52.